The largest absolute Gasteiger partial charge is 0.386 e. The van der Waals surface area contributed by atoms with Crippen LogP contribution in [0.25, 0.3) is 0 Å². The van der Waals surface area contributed by atoms with Gasteiger partial charge in [-0.1, -0.05) is 0 Å². The number of rotatable bonds is 4. The normalized spacial score (nSPS) is 20.4. The highest BCUT2D eigenvalue weighted by atomic mass is 16.6. The molecule has 0 unspecified atom stereocenters. The van der Waals surface area contributed by atoms with Gasteiger partial charge in [0.05, 0.1) is 44.0 Å². The van der Waals surface area contributed by atoms with Gasteiger partial charge in [0.15, 0.2) is 0 Å². The molecule has 1 aliphatic rings. The van der Waals surface area contributed by atoms with Crippen molar-refractivity contribution >= 4 is 11.6 Å². The third-order valence-electron chi connectivity index (χ3n) is 2.31. The molecule has 1 fully saturated rings. The van der Waals surface area contributed by atoms with Crippen LogP contribution >= 0.6 is 0 Å². The minimum Gasteiger partial charge on any atom is -0.386 e. The second kappa shape index (κ2) is 5.62. The summed E-state index contributed by atoms with van der Waals surface area (Å²) in [6, 6.07) is 0. The van der Waals surface area contributed by atoms with Gasteiger partial charge >= 0.3 is 0 Å². The number of aromatic nitrogens is 2. The SMILES string of the molecule is CNc1cnc(NC[C@H]2COCCO2)nc1. The zero-order valence-electron chi connectivity index (χ0n) is 9.27. The van der Waals surface area contributed by atoms with E-state index in [1.54, 1.807) is 12.4 Å². The second-order valence-corrected chi connectivity index (χ2v) is 3.49. The van der Waals surface area contributed by atoms with Crippen LogP contribution in [-0.4, -0.2) is 49.5 Å². The topological polar surface area (TPSA) is 68.3 Å². The quantitative estimate of drug-likeness (QED) is 0.769. The molecule has 6 nitrogen and oxygen atoms in total. The first kappa shape index (κ1) is 11.1. The molecule has 2 N–H and O–H groups in total. The Hall–Kier alpha value is -1.40. The van der Waals surface area contributed by atoms with Gasteiger partial charge in [-0.2, -0.15) is 0 Å². The van der Waals surface area contributed by atoms with Gasteiger partial charge in [0.1, 0.15) is 0 Å². The van der Waals surface area contributed by atoms with Crippen LogP contribution in [0, 0.1) is 0 Å². The Morgan fingerprint density at radius 2 is 2.19 bits per heavy atom. The van der Waals surface area contributed by atoms with Crippen LogP contribution in [0.4, 0.5) is 11.6 Å². The maximum atomic E-state index is 5.49. The molecule has 2 rings (SSSR count). The summed E-state index contributed by atoms with van der Waals surface area (Å²) in [5, 5.41) is 6.07. The molecule has 0 radical (unpaired) electrons. The summed E-state index contributed by atoms with van der Waals surface area (Å²) in [6.45, 7) is 2.64. The average Bonchev–Trinajstić information content (AvgIpc) is 2.38. The minimum absolute atomic E-state index is 0.0846. The van der Waals surface area contributed by atoms with Crippen LogP contribution < -0.4 is 10.6 Å². The predicted molar refractivity (Wildman–Crippen MR) is 60.6 cm³/mol. The smallest absolute Gasteiger partial charge is 0.222 e. The number of nitrogens with zero attached hydrogens (tertiary/aromatic N) is 2. The van der Waals surface area contributed by atoms with E-state index < -0.39 is 0 Å². The monoisotopic (exact) mass is 224 g/mol. The van der Waals surface area contributed by atoms with E-state index in [0.717, 1.165) is 5.69 Å². The molecule has 0 aliphatic carbocycles. The summed E-state index contributed by atoms with van der Waals surface area (Å²) in [7, 11) is 1.83. The Bertz CT molecular complexity index is 311. The zero-order valence-corrected chi connectivity index (χ0v) is 9.27. The van der Waals surface area contributed by atoms with Crippen LogP contribution in [-0.2, 0) is 9.47 Å². The van der Waals surface area contributed by atoms with Crippen LogP contribution in [0.3, 0.4) is 0 Å². The molecule has 1 aliphatic heterocycles. The fourth-order valence-electron chi connectivity index (χ4n) is 1.41. The van der Waals surface area contributed by atoms with E-state index in [9.17, 15) is 0 Å². The Labute approximate surface area is 94.4 Å². The highest BCUT2D eigenvalue weighted by molar-refractivity contribution is 5.40. The van der Waals surface area contributed by atoms with Crippen LogP contribution in [0.2, 0.25) is 0 Å². The van der Waals surface area contributed by atoms with Crippen molar-refractivity contribution < 1.29 is 9.47 Å². The van der Waals surface area contributed by atoms with Crippen molar-refractivity contribution in [1.82, 2.24) is 9.97 Å². The molecule has 1 aromatic heterocycles. The molecular weight excluding hydrogens is 208 g/mol. The number of ether oxygens (including phenoxy) is 2. The molecule has 16 heavy (non-hydrogen) atoms. The van der Waals surface area contributed by atoms with E-state index in [-0.39, 0.29) is 6.10 Å². The zero-order chi connectivity index (χ0) is 11.2. The van der Waals surface area contributed by atoms with Gasteiger partial charge in [0.25, 0.3) is 0 Å². The Morgan fingerprint density at radius 3 is 2.81 bits per heavy atom. The van der Waals surface area contributed by atoms with Gasteiger partial charge < -0.3 is 20.1 Å². The van der Waals surface area contributed by atoms with Crippen molar-refractivity contribution in [2.75, 3.05) is 44.0 Å². The van der Waals surface area contributed by atoms with E-state index in [1.807, 2.05) is 7.05 Å². The average molecular weight is 224 g/mol. The van der Waals surface area contributed by atoms with E-state index in [0.29, 0.717) is 32.3 Å². The third kappa shape index (κ3) is 3.04. The second-order valence-electron chi connectivity index (χ2n) is 3.49. The van der Waals surface area contributed by atoms with Gasteiger partial charge in [-0.15, -0.1) is 0 Å². The molecule has 6 heteroatoms. The molecule has 0 aromatic carbocycles. The van der Waals surface area contributed by atoms with Gasteiger partial charge in [-0.3, -0.25) is 0 Å². The minimum atomic E-state index is 0.0846. The molecule has 2 heterocycles. The highest BCUT2D eigenvalue weighted by Crippen LogP contribution is 2.06. The van der Waals surface area contributed by atoms with Gasteiger partial charge in [-0.25, -0.2) is 9.97 Å². The van der Waals surface area contributed by atoms with Crippen LogP contribution in [0.5, 0.6) is 0 Å². The lowest BCUT2D eigenvalue weighted by molar-refractivity contribution is -0.0819. The summed E-state index contributed by atoms with van der Waals surface area (Å²) in [5.74, 6) is 0.605. The lowest BCUT2D eigenvalue weighted by atomic mass is 10.3. The lowest BCUT2D eigenvalue weighted by Crippen LogP contribution is -2.34. The van der Waals surface area contributed by atoms with Crippen molar-refractivity contribution in [3.63, 3.8) is 0 Å². The Balaban J connectivity index is 1.79. The molecule has 88 valence electrons. The summed E-state index contributed by atoms with van der Waals surface area (Å²) < 4.78 is 10.8. The molecule has 1 aromatic rings. The van der Waals surface area contributed by atoms with Crippen molar-refractivity contribution in [3.8, 4) is 0 Å². The summed E-state index contributed by atoms with van der Waals surface area (Å²) in [4.78, 5) is 8.31. The molecule has 1 atom stereocenters. The highest BCUT2D eigenvalue weighted by Gasteiger charge is 2.13. The lowest BCUT2D eigenvalue weighted by Gasteiger charge is -2.22. The van der Waals surface area contributed by atoms with E-state index in [4.69, 9.17) is 9.47 Å². The van der Waals surface area contributed by atoms with Crippen LogP contribution in [0.15, 0.2) is 12.4 Å². The predicted octanol–water partition coefficient (Wildman–Crippen LogP) is 0.346. The molecule has 0 spiro atoms. The Morgan fingerprint density at radius 1 is 1.38 bits per heavy atom. The van der Waals surface area contributed by atoms with E-state index in [2.05, 4.69) is 20.6 Å². The first-order chi connectivity index (χ1) is 7.88. The summed E-state index contributed by atoms with van der Waals surface area (Å²) in [5.41, 5.74) is 0.891. The maximum absolute atomic E-state index is 5.49. The maximum Gasteiger partial charge on any atom is 0.222 e. The number of hydrogen-bond acceptors (Lipinski definition) is 6. The molecule has 0 bridgehead atoms. The van der Waals surface area contributed by atoms with Gasteiger partial charge in [-0.05, 0) is 0 Å². The third-order valence-corrected chi connectivity index (χ3v) is 2.31. The van der Waals surface area contributed by atoms with E-state index in [1.165, 1.54) is 0 Å². The standard InChI is InChI=1S/C10H16N4O2/c1-11-8-4-12-10(13-5-8)14-6-9-7-15-2-3-16-9/h4-5,9,11H,2-3,6-7H2,1H3,(H,12,13,14)/t9-/m0/s1. The number of hydrogen-bond donors (Lipinski definition) is 2. The van der Waals surface area contributed by atoms with Gasteiger partial charge in [0.2, 0.25) is 5.95 Å². The molecule has 1 saturated heterocycles. The number of anilines is 2. The van der Waals surface area contributed by atoms with Crippen LogP contribution in [0.1, 0.15) is 0 Å². The fourth-order valence-corrected chi connectivity index (χ4v) is 1.41. The molecule has 0 saturated carbocycles. The van der Waals surface area contributed by atoms with Crippen molar-refractivity contribution in [2.45, 2.75) is 6.10 Å². The van der Waals surface area contributed by atoms with E-state index >= 15 is 0 Å². The van der Waals surface area contributed by atoms with Gasteiger partial charge in [0, 0.05) is 13.6 Å². The molecule has 0 amide bonds. The number of nitrogens with one attached hydrogen (secondary N) is 2. The summed E-state index contributed by atoms with van der Waals surface area (Å²) in [6.07, 6.45) is 3.54. The fraction of sp³-hybridized carbons (Fsp3) is 0.600. The summed E-state index contributed by atoms with van der Waals surface area (Å²) >= 11 is 0. The van der Waals surface area contributed by atoms with Crippen molar-refractivity contribution in [1.29, 1.82) is 0 Å². The van der Waals surface area contributed by atoms with Crippen molar-refractivity contribution in [2.24, 2.45) is 0 Å². The van der Waals surface area contributed by atoms with Crippen molar-refractivity contribution in [3.05, 3.63) is 12.4 Å². The first-order valence-corrected chi connectivity index (χ1v) is 5.31. The first-order valence-electron chi connectivity index (χ1n) is 5.31. The Kier molecular flexibility index (Phi) is 3.90. The molecular formula is C10H16N4O2.